The van der Waals surface area contributed by atoms with Crippen LogP contribution >= 0.6 is 0 Å². The van der Waals surface area contributed by atoms with Gasteiger partial charge in [0, 0.05) is 45.8 Å². The normalized spacial score (nSPS) is 18.3. The maximum atomic E-state index is 12.0. The number of carbonyl (C=O) groups excluding carboxylic acids is 1. The Bertz CT molecular complexity index is 695. The number of aliphatic imine (C=N–C) groups is 1. The number of hydrogen-bond donors (Lipinski definition) is 2. The third-order valence-corrected chi connectivity index (χ3v) is 5.69. The Labute approximate surface area is 169 Å². The molecule has 6 heteroatoms. The van der Waals surface area contributed by atoms with Crippen molar-refractivity contribution in [3.05, 3.63) is 34.4 Å². The van der Waals surface area contributed by atoms with Crippen LogP contribution in [-0.4, -0.2) is 74.0 Å². The third-order valence-electron chi connectivity index (χ3n) is 5.69. The maximum absolute atomic E-state index is 12.0. The van der Waals surface area contributed by atoms with Gasteiger partial charge >= 0.3 is 0 Å². The molecule has 1 aromatic rings. The van der Waals surface area contributed by atoms with Gasteiger partial charge in [0.15, 0.2) is 5.96 Å². The van der Waals surface area contributed by atoms with Gasteiger partial charge in [-0.3, -0.25) is 14.7 Å². The fourth-order valence-corrected chi connectivity index (χ4v) is 4.06. The van der Waals surface area contributed by atoms with Gasteiger partial charge in [0.2, 0.25) is 5.91 Å². The number of aryl methyl sites for hydroxylation is 3. The highest BCUT2D eigenvalue weighted by Crippen LogP contribution is 2.18. The number of benzene rings is 1. The Balaban J connectivity index is 1.43. The Morgan fingerprint density at radius 2 is 1.75 bits per heavy atom. The van der Waals surface area contributed by atoms with E-state index in [0.29, 0.717) is 12.6 Å². The second-order valence-electron chi connectivity index (χ2n) is 8.21. The monoisotopic (exact) mass is 385 g/mol. The van der Waals surface area contributed by atoms with Gasteiger partial charge in [-0.05, 0) is 56.7 Å². The Hall–Kier alpha value is -2.08. The van der Waals surface area contributed by atoms with Crippen molar-refractivity contribution < 1.29 is 4.79 Å². The van der Waals surface area contributed by atoms with E-state index in [2.05, 4.69) is 58.3 Å². The number of piperazine rings is 1. The SMILES string of the molecule is CN=C(NCCc1c(C)cc(C)cc1C)N1CCN(CC(=O)NC2CC2)CC1. The third kappa shape index (κ3) is 5.71. The molecule has 1 heterocycles. The summed E-state index contributed by atoms with van der Waals surface area (Å²) in [7, 11) is 1.85. The van der Waals surface area contributed by atoms with E-state index in [0.717, 1.165) is 57.9 Å². The summed E-state index contributed by atoms with van der Waals surface area (Å²) in [5.74, 6) is 1.13. The highest BCUT2D eigenvalue weighted by molar-refractivity contribution is 5.80. The van der Waals surface area contributed by atoms with Gasteiger partial charge in [0.25, 0.3) is 0 Å². The number of hydrogen-bond acceptors (Lipinski definition) is 3. The van der Waals surface area contributed by atoms with Crippen molar-refractivity contribution in [1.82, 2.24) is 20.4 Å². The van der Waals surface area contributed by atoms with Gasteiger partial charge in [0.1, 0.15) is 0 Å². The van der Waals surface area contributed by atoms with Crippen LogP contribution in [0.4, 0.5) is 0 Å². The lowest BCUT2D eigenvalue weighted by Crippen LogP contribution is -2.54. The van der Waals surface area contributed by atoms with E-state index in [9.17, 15) is 4.79 Å². The van der Waals surface area contributed by atoms with Crippen molar-refractivity contribution in [2.75, 3.05) is 46.3 Å². The predicted molar refractivity (Wildman–Crippen MR) is 115 cm³/mol. The number of guanidine groups is 1. The summed E-state index contributed by atoms with van der Waals surface area (Å²) < 4.78 is 0. The lowest BCUT2D eigenvalue weighted by Gasteiger charge is -2.36. The highest BCUT2D eigenvalue weighted by atomic mass is 16.2. The smallest absolute Gasteiger partial charge is 0.234 e. The fourth-order valence-electron chi connectivity index (χ4n) is 4.06. The molecule has 0 aromatic heterocycles. The zero-order valence-corrected chi connectivity index (χ0v) is 17.8. The molecule has 1 aromatic carbocycles. The molecule has 1 aliphatic carbocycles. The zero-order chi connectivity index (χ0) is 20.1. The van der Waals surface area contributed by atoms with Crippen LogP contribution in [0.25, 0.3) is 0 Å². The van der Waals surface area contributed by atoms with Gasteiger partial charge in [-0.2, -0.15) is 0 Å². The summed E-state index contributed by atoms with van der Waals surface area (Å²) in [5.41, 5.74) is 5.49. The average Bonchev–Trinajstić information content (AvgIpc) is 3.45. The minimum atomic E-state index is 0.169. The summed E-state index contributed by atoms with van der Waals surface area (Å²) in [5, 5.41) is 6.60. The predicted octanol–water partition coefficient (Wildman–Crippen LogP) is 1.63. The first-order valence-electron chi connectivity index (χ1n) is 10.5. The van der Waals surface area contributed by atoms with Gasteiger partial charge < -0.3 is 15.5 Å². The van der Waals surface area contributed by atoms with Crippen molar-refractivity contribution in [1.29, 1.82) is 0 Å². The molecule has 1 aliphatic heterocycles. The van der Waals surface area contributed by atoms with E-state index in [1.807, 2.05) is 7.05 Å². The summed E-state index contributed by atoms with van der Waals surface area (Å²) >= 11 is 0. The topological polar surface area (TPSA) is 60.0 Å². The molecule has 0 atom stereocenters. The molecule has 0 spiro atoms. The lowest BCUT2D eigenvalue weighted by molar-refractivity contribution is -0.122. The standard InChI is InChI=1S/C22H35N5O/c1-16-13-17(2)20(18(3)14-16)7-8-24-22(23-4)27-11-9-26(10-12-27)15-21(28)25-19-5-6-19/h13-14,19H,5-12,15H2,1-4H3,(H,23,24)(H,25,28). The molecule has 1 saturated heterocycles. The first-order chi connectivity index (χ1) is 13.5. The second kappa shape index (κ2) is 9.41. The maximum Gasteiger partial charge on any atom is 0.234 e. The zero-order valence-electron chi connectivity index (χ0n) is 17.8. The van der Waals surface area contributed by atoms with Crippen LogP contribution in [0.2, 0.25) is 0 Å². The van der Waals surface area contributed by atoms with Crippen molar-refractivity contribution in [2.45, 2.75) is 46.1 Å². The van der Waals surface area contributed by atoms with Gasteiger partial charge in [-0.15, -0.1) is 0 Å². The van der Waals surface area contributed by atoms with E-state index >= 15 is 0 Å². The molecule has 0 bridgehead atoms. The molecule has 2 N–H and O–H groups in total. The van der Waals surface area contributed by atoms with Crippen molar-refractivity contribution >= 4 is 11.9 Å². The largest absolute Gasteiger partial charge is 0.356 e. The molecule has 1 saturated carbocycles. The minimum absolute atomic E-state index is 0.169. The number of carbonyl (C=O) groups is 1. The highest BCUT2D eigenvalue weighted by Gasteiger charge is 2.25. The first kappa shape index (κ1) is 20.6. The molecule has 0 unspecified atom stereocenters. The number of nitrogens with one attached hydrogen (secondary N) is 2. The van der Waals surface area contributed by atoms with E-state index < -0.39 is 0 Å². The van der Waals surface area contributed by atoms with Gasteiger partial charge in [0.05, 0.1) is 6.54 Å². The molecule has 2 aliphatic rings. The first-order valence-corrected chi connectivity index (χ1v) is 10.5. The van der Waals surface area contributed by atoms with E-state index in [-0.39, 0.29) is 5.91 Å². The molecular weight excluding hydrogens is 350 g/mol. The molecule has 28 heavy (non-hydrogen) atoms. The van der Waals surface area contributed by atoms with Gasteiger partial charge in [-0.1, -0.05) is 17.7 Å². The van der Waals surface area contributed by atoms with Crippen molar-refractivity contribution in [2.24, 2.45) is 4.99 Å². The number of amides is 1. The molecule has 154 valence electrons. The minimum Gasteiger partial charge on any atom is -0.356 e. The molecule has 6 nitrogen and oxygen atoms in total. The summed E-state index contributed by atoms with van der Waals surface area (Å²) in [6.45, 7) is 11.5. The van der Waals surface area contributed by atoms with Crippen molar-refractivity contribution in [3.8, 4) is 0 Å². The van der Waals surface area contributed by atoms with Crippen LogP contribution in [0.15, 0.2) is 17.1 Å². The van der Waals surface area contributed by atoms with Crippen LogP contribution in [0, 0.1) is 20.8 Å². The second-order valence-corrected chi connectivity index (χ2v) is 8.21. The number of nitrogens with zero attached hydrogens (tertiary/aromatic N) is 3. The molecule has 0 radical (unpaired) electrons. The van der Waals surface area contributed by atoms with E-state index in [4.69, 9.17) is 0 Å². The molecule has 2 fully saturated rings. The summed E-state index contributed by atoms with van der Waals surface area (Å²) in [6.07, 6.45) is 3.28. The van der Waals surface area contributed by atoms with Crippen LogP contribution in [-0.2, 0) is 11.2 Å². The van der Waals surface area contributed by atoms with Crippen LogP contribution in [0.3, 0.4) is 0 Å². The quantitative estimate of drug-likeness (QED) is 0.577. The lowest BCUT2D eigenvalue weighted by atomic mass is 9.97. The number of rotatable bonds is 6. The van der Waals surface area contributed by atoms with E-state index in [1.165, 1.54) is 22.3 Å². The summed E-state index contributed by atoms with van der Waals surface area (Å²) in [6, 6.07) is 4.96. The molecular formula is C22H35N5O. The Morgan fingerprint density at radius 3 is 2.32 bits per heavy atom. The van der Waals surface area contributed by atoms with Gasteiger partial charge in [-0.25, -0.2) is 0 Å². The average molecular weight is 386 g/mol. The van der Waals surface area contributed by atoms with E-state index in [1.54, 1.807) is 0 Å². The summed E-state index contributed by atoms with van der Waals surface area (Å²) in [4.78, 5) is 21.0. The van der Waals surface area contributed by atoms with Crippen molar-refractivity contribution in [3.63, 3.8) is 0 Å². The molecule has 1 amide bonds. The Morgan fingerprint density at radius 1 is 1.11 bits per heavy atom. The molecule has 3 rings (SSSR count). The Kier molecular flexibility index (Phi) is 6.94. The van der Waals surface area contributed by atoms with Crippen LogP contribution in [0.5, 0.6) is 0 Å². The fraction of sp³-hybridized carbons (Fsp3) is 0.636. The van der Waals surface area contributed by atoms with Crippen LogP contribution < -0.4 is 10.6 Å². The van der Waals surface area contributed by atoms with Crippen LogP contribution in [0.1, 0.15) is 35.1 Å².